The number of anilines is 1. The Labute approximate surface area is 213 Å². The first-order chi connectivity index (χ1) is 16.7. The number of amides is 1. The Morgan fingerprint density at radius 1 is 1.14 bits per heavy atom. The normalized spacial score (nSPS) is 14.0. The summed E-state index contributed by atoms with van der Waals surface area (Å²) in [5.41, 5.74) is 0.950. The number of thiophene rings is 1. The Balaban J connectivity index is 1.69. The third kappa shape index (κ3) is 5.57. The number of benzene rings is 2. The van der Waals surface area contributed by atoms with Crippen LogP contribution >= 0.6 is 34.5 Å². The number of halogens is 5. The van der Waals surface area contributed by atoms with Crippen molar-refractivity contribution in [3.05, 3.63) is 79.9 Å². The van der Waals surface area contributed by atoms with Gasteiger partial charge in [-0.05, 0) is 35.4 Å². The molecule has 0 spiro atoms. The molecular weight excluding hydrogens is 522 g/mol. The number of carbonyl (C=O) groups is 1. The molecule has 1 aliphatic rings. The highest BCUT2D eigenvalue weighted by Gasteiger charge is 2.31. The number of alkyl halides is 3. The molecule has 35 heavy (non-hydrogen) atoms. The second kappa shape index (κ2) is 10.5. The van der Waals surface area contributed by atoms with Gasteiger partial charge in [-0.2, -0.15) is 13.2 Å². The molecule has 182 valence electrons. The van der Waals surface area contributed by atoms with Crippen molar-refractivity contribution in [1.29, 1.82) is 0 Å². The summed E-state index contributed by atoms with van der Waals surface area (Å²) in [6.07, 6.45) is -4.43. The molecule has 0 aliphatic carbocycles. The summed E-state index contributed by atoms with van der Waals surface area (Å²) in [7, 11) is 0. The number of morpholine rings is 1. The minimum absolute atomic E-state index is 0.0168. The van der Waals surface area contributed by atoms with Crippen LogP contribution in [0.5, 0.6) is 0 Å². The second-order valence-electron chi connectivity index (χ2n) is 7.67. The van der Waals surface area contributed by atoms with Gasteiger partial charge in [-0.1, -0.05) is 41.4 Å². The maximum Gasteiger partial charge on any atom is 0.416 e. The highest BCUT2D eigenvalue weighted by Crippen LogP contribution is 2.50. The summed E-state index contributed by atoms with van der Waals surface area (Å²) in [6.45, 7) is 10.0. The smallest absolute Gasteiger partial charge is 0.378 e. The molecule has 1 fully saturated rings. The van der Waals surface area contributed by atoms with Crippen molar-refractivity contribution in [2.24, 2.45) is 0 Å². The first-order valence-electron chi connectivity index (χ1n) is 10.5. The molecular formula is C24H18Cl2F3N3O2S. The number of rotatable bonds is 5. The van der Waals surface area contributed by atoms with Crippen LogP contribution in [0.2, 0.25) is 10.0 Å². The van der Waals surface area contributed by atoms with E-state index in [1.807, 2.05) is 4.90 Å². The zero-order chi connectivity index (χ0) is 25.2. The predicted octanol–water partition coefficient (Wildman–Crippen LogP) is 7.06. The summed E-state index contributed by atoms with van der Waals surface area (Å²) in [4.78, 5) is 19.3. The highest BCUT2D eigenvalue weighted by molar-refractivity contribution is 7.19. The lowest BCUT2D eigenvalue weighted by atomic mass is 10.0. The van der Waals surface area contributed by atoms with E-state index in [1.54, 1.807) is 18.2 Å². The lowest BCUT2D eigenvalue weighted by Gasteiger charge is -2.28. The van der Waals surface area contributed by atoms with E-state index in [0.717, 1.165) is 12.1 Å². The molecule has 4 rings (SSSR count). The monoisotopic (exact) mass is 539 g/mol. The van der Waals surface area contributed by atoms with Crippen molar-refractivity contribution in [2.45, 2.75) is 12.7 Å². The largest absolute Gasteiger partial charge is 0.416 e. The van der Waals surface area contributed by atoms with E-state index in [1.165, 1.54) is 23.5 Å². The quantitative estimate of drug-likeness (QED) is 0.353. The van der Waals surface area contributed by atoms with Gasteiger partial charge in [0.05, 0.1) is 35.2 Å². The Morgan fingerprint density at radius 2 is 1.83 bits per heavy atom. The molecule has 1 aromatic heterocycles. The van der Waals surface area contributed by atoms with Gasteiger partial charge in [0.25, 0.3) is 5.91 Å². The molecule has 1 aliphatic heterocycles. The first kappa shape index (κ1) is 25.3. The Hall–Kier alpha value is -2.77. The van der Waals surface area contributed by atoms with Crippen LogP contribution in [0.3, 0.4) is 0 Å². The van der Waals surface area contributed by atoms with E-state index in [9.17, 15) is 18.0 Å². The fourth-order valence-corrected chi connectivity index (χ4v) is 5.40. The van der Waals surface area contributed by atoms with Gasteiger partial charge in [-0.15, -0.1) is 11.3 Å². The third-order valence-corrected chi connectivity index (χ3v) is 7.20. The summed E-state index contributed by atoms with van der Waals surface area (Å²) in [6, 6.07) is 9.42. The first-order valence-corrected chi connectivity index (χ1v) is 12.0. The molecule has 2 heterocycles. The number of nitrogens with one attached hydrogen (secondary N) is 1. The average Bonchev–Trinajstić information content (AvgIpc) is 3.22. The zero-order valence-corrected chi connectivity index (χ0v) is 20.4. The Kier molecular flexibility index (Phi) is 7.57. The van der Waals surface area contributed by atoms with Crippen molar-refractivity contribution >= 4 is 51.1 Å². The zero-order valence-electron chi connectivity index (χ0n) is 18.1. The fraction of sp³-hybridized carbons (Fsp3) is 0.250. The van der Waals surface area contributed by atoms with Crippen molar-refractivity contribution < 1.29 is 22.7 Å². The maximum atomic E-state index is 13.3. The molecule has 0 atom stereocenters. The minimum atomic E-state index is -4.43. The number of ether oxygens (including phenoxy) is 1. The van der Waals surface area contributed by atoms with Crippen LogP contribution in [-0.2, 0) is 17.5 Å². The number of hydrogen-bond donors (Lipinski definition) is 1. The number of hydrogen-bond acceptors (Lipinski definition) is 4. The molecule has 2 aromatic carbocycles. The van der Waals surface area contributed by atoms with Crippen LogP contribution < -0.4 is 10.2 Å². The number of carbonyl (C=O) groups excluding carboxylic acids is 1. The van der Waals surface area contributed by atoms with E-state index in [-0.39, 0.29) is 11.4 Å². The van der Waals surface area contributed by atoms with Gasteiger partial charge in [-0.3, -0.25) is 4.79 Å². The van der Waals surface area contributed by atoms with E-state index in [0.29, 0.717) is 63.7 Å². The van der Waals surface area contributed by atoms with Crippen LogP contribution in [0.1, 0.15) is 20.8 Å². The van der Waals surface area contributed by atoms with Crippen molar-refractivity contribution in [3.8, 4) is 11.1 Å². The van der Waals surface area contributed by atoms with Gasteiger partial charge in [0.1, 0.15) is 0 Å². The Bertz CT molecular complexity index is 1280. The Morgan fingerprint density at radius 3 is 2.43 bits per heavy atom. The van der Waals surface area contributed by atoms with Crippen LogP contribution in [-0.4, -0.2) is 32.2 Å². The van der Waals surface area contributed by atoms with Crippen molar-refractivity contribution in [2.75, 3.05) is 31.2 Å². The topological polar surface area (TPSA) is 45.9 Å². The minimum Gasteiger partial charge on any atom is -0.378 e. The van der Waals surface area contributed by atoms with Gasteiger partial charge in [0, 0.05) is 35.2 Å². The summed E-state index contributed by atoms with van der Waals surface area (Å²) < 4.78 is 43.9. The highest BCUT2D eigenvalue weighted by atomic mass is 35.5. The lowest BCUT2D eigenvalue weighted by Crippen LogP contribution is -2.35. The van der Waals surface area contributed by atoms with Crippen molar-refractivity contribution in [3.63, 3.8) is 0 Å². The maximum absolute atomic E-state index is 13.3. The summed E-state index contributed by atoms with van der Waals surface area (Å²) in [5, 5.41) is 4.11. The second-order valence-corrected chi connectivity index (χ2v) is 9.52. The standard InChI is InChI=1S/C24H18Cl2F3N3O2S/c1-30-20-19(17-7-6-16(25)12-18(17)26)21(35-23(20)32-8-10-34-11-9-32)22(33)31-13-14-2-4-15(5-3-14)24(27,28)29/h2-7,12H,8-11,13H2,(H,31,33). The molecule has 3 aromatic rings. The van der Waals surface area contributed by atoms with Crippen LogP contribution in [0, 0.1) is 6.57 Å². The molecule has 1 N–H and O–H groups in total. The molecule has 0 saturated carbocycles. The molecule has 11 heteroatoms. The van der Waals surface area contributed by atoms with Gasteiger partial charge in [-0.25, -0.2) is 4.85 Å². The van der Waals surface area contributed by atoms with E-state index >= 15 is 0 Å². The molecule has 0 bridgehead atoms. The van der Waals surface area contributed by atoms with Gasteiger partial charge < -0.3 is 15.0 Å². The molecule has 1 amide bonds. The van der Waals surface area contributed by atoms with Crippen LogP contribution in [0.4, 0.5) is 23.9 Å². The third-order valence-electron chi connectivity index (χ3n) is 5.42. The van der Waals surface area contributed by atoms with E-state index < -0.39 is 17.6 Å². The molecule has 5 nitrogen and oxygen atoms in total. The summed E-state index contributed by atoms with van der Waals surface area (Å²) in [5.74, 6) is -0.458. The van der Waals surface area contributed by atoms with Crippen LogP contribution in [0.25, 0.3) is 16.0 Å². The predicted molar refractivity (Wildman–Crippen MR) is 132 cm³/mol. The molecule has 0 radical (unpaired) electrons. The molecule has 0 unspecified atom stereocenters. The fourth-order valence-electron chi connectivity index (χ4n) is 3.67. The van der Waals surface area contributed by atoms with Gasteiger partial charge >= 0.3 is 6.18 Å². The van der Waals surface area contributed by atoms with E-state index in [2.05, 4.69) is 10.2 Å². The van der Waals surface area contributed by atoms with Crippen LogP contribution in [0.15, 0.2) is 42.5 Å². The average molecular weight is 540 g/mol. The van der Waals surface area contributed by atoms with Crippen molar-refractivity contribution in [1.82, 2.24) is 5.32 Å². The summed E-state index contributed by atoms with van der Waals surface area (Å²) >= 11 is 13.7. The SMILES string of the molecule is [C-]#[N+]c1c(N2CCOCC2)sc(C(=O)NCc2ccc(C(F)(F)F)cc2)c1-c1ccc(Cl)cc1Cl. The van der Waals surface area contributed by atoms with E-state index in [4.69, 9.17) is 34.5 Å². The van der Waals surface area contributed by atoms with Gasteiger partial charge in [0.2, 0.25) is 5.69 Å². The molecule has 1 saturated heterocycles. The lowest BCUT2D eigenvalue weighted by molar-refractivity contribution is -0.137. The number of nitrogens with zero attached hydrogens (tertiary/aromatic N) is 2. The van der Waals surface area contributed by atoms with Gasteiger partial charge in [0.15, 0.2) is 0 Å².